The van der Waals surface area contributed by atoms with E-state index in [0.717, 1.165) is 62.2 Å². The summed E-state index contributed by atoms with van der Waals surface area (Å²) in [6.45, 7) is 6.49. The van der Waals surface area contributed by atoms with Crippen molar-refractivity contribution in [2.24, 2.45) is 5.92 Å². The Kier molecular flexibility index (Phi) is 9.93. The number of anilines is 1. The molecule has 0 radical (unpaired) electrons. The number of imidazole rings is 1. The second-order valence-electron chi connectivity index (χ2n) is 11.1. The zero-order valence-electron chi connectivity index (χ0n) is 24.9. The van der Waals surface area contributed by atoms with Crippen LogP contribution in [0.3, 0.4) is 0 Å². The van der Waals surface area contributed by atoms with Gasteiger partial charge < -0.3 is 24.9 Å². The molecule has 43 heavy (non-hydrogen) atoms. The molecule has 11 nitrogen and oxygen atoms in total. The number of aromatic amines is 1. The number of methoxy groups -OCH3 is 1. The quantitative estimate of drug-likeness (QED) is 0.176. The fourth-order valence-electron chi connectivity index (χ4n) is 5.25. The number of carbonyl (C=O) groups excluding carboxylic acids is 1. The van der Waals surface area contributed by atoms with Gasteiger partial charge in [-0.1, -0.05) is 49.7 Å². The van der Waals surface area contributed by atoms with Crippen molar-refractivity contribution in [3.63, 3.8) is 0 Å². The minimum atomic E-state index is -0.286. The molecule has 3 heterocycles. The van der Waals surface area contributed by atoms with Crippen LogP contribution in [0, 0.1) is 5.92 Å². The Bertz CT molecular complexity index is 1570. The second-order valence-corrected chi connectivity index (χ2v) is 11.1. The lowest BCUT2D eigenvalue weighted by atomic mass is 9.97. The number of unbranched alkanes of at least 4 members (excludes halogenated alkanes) is 1. The van der Waals surface area contributed by atoms with Crippen molar-refractivity contribution in [3.8, 4) is 11.8 Å². The second kappa shape index (κ2) is 14.2. The lowest BCUT2D eigenvalue weighted by Gasteiger charge is -2.32. The number of rotatable bonds is 13. The molecule has 5 rings (SSSR count). The zero-order chi connectivity index (χ0) is 30.2. The van der Waals surface area contributed by atoms with Crippen LogP contribution in [-0.4, -0.2) is 63.8 Å². The van der Waals surface area contributed by atoms with Crippen molar-refractivity contribution < 1.29 is 19.0 Å². The van der Waals surface area contributed by atoms with Gasteiger partial charge in [0.05, 0.1) is 33.3 Å². The van der Waals surface area contributed by atoms with Crippen LogP contribution in [0.1, 0.15) is 49.3 Å². The van der Waals surface area contributed by atoms with Crippen LogP contribution >= 0.6 is 0 Å². The van der Waals surface area contributed by atoms with Crippen LogP contribution in [0.5, 0.6) is 11.8 Å². The van der Waals surface area contributed by atoms with Gasteiger partial charge in [0.2, 0.25) is 0 Å². The van der Waals surface area contributed by atoms with Crippen LogP contribution in [0.4, 0.5) is 5.82 Å². The summed E-state index contributed by atoms with van der Waals surface area (Å²) < 4.78 is 18.0. The Morgan fingerprint density at radius 2 is 1.77 bits per heavy atom. The predicted octanol–water partition coefficient (Wildman–Crippen LogP) is 3.94. The van der Waals surface area contributed by atoms with E-state index < -0.39 is 0 Å². The summed E-state index contributed by atoms with van der Waals surface area (Å²) in [5.41, 5.74) is 9.76. The molecule has 1 aliphatic rings. The number of benzene rings is 2. The van der Waals surface area contributed by atoms with Crippen LogP contribution in [0.2, 0.25) is 0 Å². The maximum absolute atomic E-state index is 12.7. The minimum absolute atomic E-state index is 0.182. The SMILES string of the molecule is CCCCOc1nc(N)c2[nH]c(=O)n(Cc3ccc(CN4CCC(COc5cccc(CC(=O)OC)c5)CC4)cc3)c2n1. The monoisotopic (exact) mass is 588 g/mol. The normalized spacial score (nSPS) is 14.2. The summed E-state index contributed by atoms with van der Waals surface area (Å²) >= 11 is 0. The summed E-state index contributed by atoms with van der Waals surface area (Å²) in [5, 5.41) is 0. The molecule has 0 amide bonds. The zero-order valence-corrected chi connectivity index (χ0v) is 24.9. The Morgan fingerprint density at radius 1 is 1.02 bits per heavy atom. The van der Waals surface area contributed by atoms with Crippen molar-refractivity contribution in [2.75, 3.05) is 39.1 Å². The van der Waals surface area contributed by atoms with Gasteiger partial charge >= 0.3 is 17.7 Å². The van der Waals surface area contributed by atoms with Gasteiger partial charge in [-0.3, -0.25) is 14.3 Å². The Balaban J connectivity index is 1.12. The lowest BCUT2D eigenvalue weighted by Crippen LogP contribution is -2.35. The molecule has 0 aliphatic carbocycles. The third-order valence-electron chi connectivity index (χ3n) is 7.80. The summed E-state index contributed by atoms with van der Waals surface area (Å²) in [6.07, 6.45) is 4.26. The van der Waals surface area contributed by atoms with Gasteiger partial charge in [-0.05, 0) is 67.1 Å². The standard InChI is InChI=1S/C32H40N6O5/c1-3-4-16-42-31-35-29(33)28-30(36-31)38(32(40)34-28)20-23-10-8-22(9-11-23)19-37-14-12-24(13-15-37)21-43-26-7-5-6-25(17-26)18-27(39)41-2/h5-11,17,24H,3-4,12-16,18-21H2,1-2H3,(H,34,40)(H2,33,35,36). The van der Waals surface area contributed by atoms with Gasteiger partial charge in [0.1, 0.15) is 11.3 Å². The first-order valence-electron chi connectivity index (χ1n) is 14.9. The van der Waals surface area contributed by atoms with Crippen LogP contribution in [0.15, 0.2) is 53.3 Å². The van der Waals surface area contributed by atoms with E-state index in [4.69, 9.17) is 19.9 Å². The molecule has 0 spiro atoms. The molecular formula is C32H40N6O5. The summed E-state index contributed by atoms with van der Waals surface area (Å²) in [6, 6.07) is 16.2. The number of nitrogens with two attached hydrogens (primary N) is 1. The van der Waals surface area contributed by atoms with Gasteiger partial charge in [-0.2, -0.15) is 9.97 Å². The van der Waals surface area contributed by atoms with Crippen LogP contribution in [0.25, 0.3) is 11.2 Å². The summed E-state index contributed by atoms with van der Waals surface area (Å²) in [4.78, 5) is 38.2. The number of fused-ring (bicyclic) bond motifs is 1. The molecule has 2 aromatic heterocycles. The van der Waals surface area contributed by atoms with Crippen molar-refractivity contribution in [2.45, 2.75) is 52.1 Å². The molecule has 0 unspecified atom stereocenters. The molecule has 4 aromatic rings. The summed E-state index contributed by atoms with van der Waals surface area (Å²) in [5.74, 6) is 1.22. The third-order valence-corrected chi connectivity index (χ3v) is 7.80. The number of H-pyrrole nitrogens is 1. The average molecular weight is 589 g/mol. The fraction of sp³-hybridized carbons (Fsp3) is 0.438. The van der Waals surface area contributed by atoms with Gasteiger partial charge in [-0.15, -0.1) is 0 Å². The van der Waals surface area contributed by atoms with E-state index in [9.17, 15) is 9.59 Å². The van der Waals surface area contributed by atoms with Gasteiger partial charge in [0.15, 0.2) is 11.5 Å². The molecule has 1 aliphatic heterocycles. The molecule has 2 aromatic carbocycles. The van der Waals surface area contributed by atoms with E-state index >= 15 is 0 Å². The number of piperidine rings is 1. The molecule has 1 fully saturated rings. The highest BCUT2D eigenvalue weighted by molar-refractivity contribution is 5.82. The highest BCUT2D eigenvalue weighted by Crippen LogP contribution is 2.23. The Hall–Kier alpha value is -4.38. The average Bonchev–Trinajstić information content (AvgIpc) is 3.33. The number of aromatic nitrogens is 4. The number of nitrogens with zero attached hydrogens (tertiary/aromatic N) is 4. The van der Waals surface area contributed by atoms with Crippen LogP contribution < -0.4 is 20.9 Å². The van der Waals surface area contributed by atoms with Crippen LogP contribution in [-0.2, 0) is 29.0 Å². The number of esters is 1. The number of likely N-dealkylation sites (tertiary alicyclic amines) is 1. The third kappa shape index (κ3) is 7.92. The van der Waals surface area contributed by atoms with E-state index in [0.29, 0.717) is 36.8 Å². The first kappa shape index (κ1) is 30.1. The van der Waals surface area contributed by atoms with Crippen molar-refractivity contribution in [1.82, 2.24) is 24.4 Å². The molecule has 0 atom stereocenters. The lowest BCUT2D eigenvalue weighted by molar-refractivity contribution is -0.139. The maximum Gasteiger partial charge on any atom is 0.328 e. The van der Waals surface area contributed by atoms with Crippen molar-refractivity contribution in [1.29, 1.82) is 0 Å². The van der Waals surface area contributed by atoms with Gasteiger partial charge in [0, 0.05) is 6.54 Å². The fourth-order valence-corrected chi connectivity index (χ4v) is 5.25. The molecule has 0 saturated carbocycles. The number of hydrogen-bond donors (Lipinski definition) is 2. The molecule has 228 valence electrons. The smallest absolute Gasteiger partial charge is 0.328 e. The molecule has 11 heteroatoms. The van der Waals surface area contributed by atoms with E-state index in [-0.39, 0.29) is 29.9 Å². The van der Waals surface area contributed by atoms with Gasteiger partial charge in [-0.25, -0.2) is 4.79 Å². The first-order valence-corrected chi connectivity index (χ1v) is 14.9. The minimum Gasteiger partial charge on any atom is -0.493 e. The topological polar surface area (TPSA) is 138 Å². The Morgan fingerprint density at radius 3 is 2.49 bits per heavy atom. The predicted molar refractivity (Wildman–Crippen MR) is 164 cm³/mol. The number of nitrogen functional groups attached to an aromatic ring is 1. The van der Waals surface area contributed by atoms with E-state index in [2.05, 4.69) is 51.0 Å². The van der Waals surface area contributed by atoms with Crippen molar-refractivity contribution in [3.05, 3.63) is 75.7 Å². The first-order chi connectivity index (χ1) is 20.9. The molecular weight excluding hydrogens is 548 g/mol. The molecule has 1 saturated heterocycles. The highest BCUT2D eigenvalue weighted by atomic mass is 16.5. The van der Waals surface area contributed by atoms with E-state index in [1.165, 1.54) is 12.7 Å². The van der Waals surface area contributed by atoms with E-state index in [1.54, 1.807) is 4.57 Å². The largest absolute Gasteiger partial charge is 0.493 e. The number of hydrogen-bond acceptors (Lipinski definition) is 9. The molecule has 0 bridgehead atoms. The Labute approximate surface area is 251 Å². The maximum atomic E-state index is 12.7. The van der Waals surface area contributed by atoms with Gasteiger partial charge in [0.25, 0.3) is 0 Å². The van der Waals surface area contributed by atoms with E-state index in [1.807, 2.05) is 24.3 Å². The number of ether oxygens (including phenoxy) is 3. The van der Waals surface area contributed by atoms with Crippen molar-refractivity contribution >= 4 is 23.0 Å². The summed E-state index contributed by atoms with van der Waals surface area (Å²) in [7, 11) is 1.40. The highest BCUT2D eigenvalue weighted by Gasteiger charge is 2.20. The number of carbonyl (C=O) groups is 1. The number of nitrogens with one attached hydrogen (secondary N) is 1. The molecule has 3 N–H and O–H groups in total.